The molecule has 6 rings (SSSR count). The van der Waals surface area contributed by atoms with Gasteiger partial charge < -0.3 is 14.2 Å². The molecular formula is C28H28N2O4. The molecule has 1 amide bonds. The molecule has 2 atom stereocenters. The van der Waals surface area contributed by atoms with E-state index in [1.54, 1.807) is 12.5 Å². The number of amides is 1. The van der Waals surface area contributed by atoms with E-state index in [0.717, 1.165) is 48.5 Å². The molecule has 3 aromatic rings. The molecule has 2 aliphatic carbocycles. The van der Waals surface area contributed by atoms with Crippen LogP contribution in [0.15, 0.2) is 81.2 Å². The van der Waals surface area contributed by atoms with Crippen molar-refractivity contribution in [2.75, 3.05) is 10.2 Å². The molecule has 0 saturated heterocycles. The zero-order chi connectivity index (χ0) is 23.1. The van der Waals surface area contributed by atoms with Gasteiger partial charge in [0.05, 0.1) is 23.9 Å². The molecule has 3 aliphatic rings. The molecular weight excluding hydrogens is 428 g/mol. The number of nitrogens with one attached hydrogen (secondary N) is 1. The van der Waals surface area contributed by atoms with E-state index in [2.05, 4.69) is 5.32 Å². The Morgan fingerprint density at radius 1 is 0.882 bits per heavy atom. The number of rotatable bonds is 3. The lowest BCUT2D eigenvalue weighted by atomic mass is 9.80. The van der Waals surface area contributed by atoms with E-state index in [9.17, 15) is 9.59 Å². The Balaban J connectivity index is 1.51. The van der Waals surface area contributed by atoms with Crippen LogP contribution in [0.3, 0.4) is 0 Å². The van der Waals surface area contributed by atoms with Crippen molar-refractivity contribution in [3.05, 3.63) is 83.8 Å². The minimum absolute atomic E-state index is 0.0193. The highest BCUT2D eigenvalue weighted by atomic mass is 16.3. The third-order valence-electron chi connectivity index (χ3n) is 7.44. The van der Waals surface area contributed by atoms with E-state index in [0.29, 0.717) is 24.2 Å². The maximum Gasteiger partial charge on any atom is 0.231 e. The second-order valence-electron chi connectivity index (χ2n) is 9.54. The fourth-order valence-corrected chi connectivity index (χ4v) is 5.82. The van der Waals surface area contributed by atoms with Gasteiger partial charge in [0.25, 0.3) is 0 Å². The number of anilines is 2. The quantitative estimate of drug-likeness (QED) is 0.497. The molecule has 1 N–H and O–H groups in total. The van der Waals surface area contributed by atoms with Crippen LogP contribution in [-0.2, 0) is 9.59 Å². The SMILES string of the molecule is O=C1C[C@@H](c2ccco2)CC2=C1[C@H](c1ccco1)N(C(=O)C1CCCCC1)c1ccccc1N2. The summed E-state index contributed by atoms with van der Waals surface area (Å²) in [6.45, 7) is 0. The van der Waals surface area contributed by atoms with Crippen LogP contribution < -0.4 is 10.2 Å². The highest BCUT2D eigenvalue weighted by Crippen LogP contribution is 2.48. The molecule has 3 heterocycles. The molecule has 1 aliphatic heterocycles. The number of para-hydroxylation sites is 2. The summed E-state index contributed by atoms with van der Waals surface area (Å²) in [4.78, 5) is 29.7. The van der Waals surface area contributed by atoms with E-state index < -0.39 is 6.04 Å². The van der Waals surface area contributed by atoms with Gasteiger partial charge in [0.1, 0.15) is 17.6 Å². The van der Waals surface area contributed by atoms with E-state index in [4.69, 9.17) is 8.83 Å². The fourth-order valence-electron chi connectivity index (χ4n) is 5.82. The highest BCUT2D eigenvalue weighted by Gasteiger charge is 2.44. The summed E-state index contributed by atoms with van der Waals surface area (Å²) in [7, 11) is 0. The van der Waals surface area contributed by atoms with Crippen molar-refractivity contribution in [1.82, 2.24) is 0 Å². The first-order chi connectivity index (χ1) is 16.7. The van der Waals surface area contributed by atoms with Crippen molar-refractivity contribution in [1.29, 1.82) is 0 Å². The van der Waals surface area contributed by atoms with E-state index in [1.807, 2.05) is 53.4 Å². The van der Waals surface area contributed by atoms with Gasteiger partial charge in [-0.3, -0.25) is 14.5 Å². The van der Waals surface area contributed by atoms with Crippen LogP contribution >= 0.6 is 0 Å². The molecule has 6 nitrogen and oxygen atoms in total. The predicted octanol–water partition coefficient (Wildman–Crippen LogP) is 6.35. The standard InChI is InChI=1S/C28H28N2O4/c31-23-17-19(24-12-6-14-33-24)16-21-26(23)27(25-13-7-15-34-25)30(22-11-5-4-10-20(22)29-21)28(32)18-8-2-1-3-9-18/h4-7,10-15,18-19,27,29H,1-3,8-9,16-17H2/t19-,27-/m0/s1. The molecule has 0 bridgehead atoms. The van der Waals surface area contributed by atoms with Crippen molar-refractivity contribution < 1.29 is 18.4 Å². The Kier molecular flexibility index (Phi) is 5.36. The third-order valence-corrected chi connectivity index (χ3v) is 7.44. The summed E-state index contributed by atoms with van der Waals surface area (Å²) in [5.74, 6) is 1.43. The third kappa shape index (κ3) is 3.58. The molecule has 0 unspecified atom stereocenters. The smallest absolute Gasteiger partial charge is 0.231 e. The second-order valence-corrected chi connectivity index (χ2v) is 9.54. The molecule has 1 saturated carbocycles. The number of allylic oxidation sites excluding steroid dienone is 1. The predicted molar refractivity (Wildman–Crippen MR) is 128 cm³/mol. The van der Waals surface area contributed by atoms with Crippen molar-refractivity contribution >= 4 is 23.1 Å². The number of nitrogens with zero attached hydrogens (tertiary/aromatic N) is 1. The van der Waals surface area contributed by atoms with Gasteiger partial charge in [-0.15, -0.1) is 0 Å². The Labute approximate surface area is 198 Å². The maximum absolute atomic E-state index is 14.1. The highest BCUT2D eigenvalue weighted by molar-refractivity contribution is 6.06. The van der Waals surface area contributed by atoms with Crippen LogP contribution in [0.25, 0.3) is 0 Å². The van der Waals surface area contributed by atoms with Crippen molar-refractivity contribution in [3.63, 3.8) is 0 Å². The number of Topliss-reactive ketones (excluding diaryl/α,β-unsaturated/α-hetero) is 1. The van der Waals surface area contributed by atoms with Gasteiger partial charge in [0.2, 0.25) is 5.91 Å². The molecule has 174 valence electrons. The first-order valence-electron chi connectivity index (χ1n) is 12.2. The van der Waals surface area contributed by atoms with Crippen molar-refractivity contribution in [2.24, 2.45) is 5.92 Å². The number of carbonyl (C=O) groups excluding carboxylic acids is 2. The minimum atomic E-state index is -0.597. The maximum atomic E-state index is 14.1. The number of furan rings is 2. The zero-order valence-electron chi connectivity index (χ0n) is 19.0. The zero-order valence-corrected chi connectivity index (χ0v) is 19.0. The topological polar surface area (TPSA) is 75.7 Å². The lowest BCUT2D eigenvalue weighted by Crippen LogP contribution is -2.42. The van der Waals surface area contributed by atoms with Crippen molar-refractivity contribution in [2.45, 2.75) is 56.9 Å². The van der Waals surface area contributed by atoms with Crippen LogP contribution in [-0.4, -0.2) is 11.7 Å². The summed E-state index contributed by atoms with van der Waals surface area (Å²) < 4.78 is 11.5. The summed E-state index contributed by atoms with van der Waals surface area (Å²) in [6.07, 6.45) is 9.30. The first kappa shape index (κ1) is 21.0. The molecule has 1 aromatic carbocycles. The normalized spacial score (nSPS) is 23.2. The number of ketones is 1. The van der Waals surface area contributed by atoms with Crippen molar-refractivity contribution in [3.8, 4) is 0 Å². The number of benzene rings is 1. The Hall–Kier alpha value is -3.54. The van der Waals surface area contributed by atoms with Gasteiger partial charge in [-0.25, -0.2) is 0 Å². The number of hydrogen-bond acceptors (Lipinski definition) is 5. The molecule has 34 heavy (non-hydrogen) atoms. The largest absolute Gasteiger partial charge is 0.469 e. The molecule has 0 radical (unpaired) electrons. The number of fused-ring (bicyclic) bond motifs is 1. The summed E-state index contributed by atoms with van der Waals surface area (Å²) in [5, 5.41) is 3.55. The lowest BCUT2D eigenvalue weighted by Gasteiger charge is -2.36. The van der Waals surface area contributed by atoms with Crippen LogP contribution in [0.2, 0.25) is 0 Å². The number of hydrogen-bond donors (Lipinski definition) is 1. The van der Waals surface area contributed by atoms with E-state index >= 15 is 0 Å². The fraction of sp³-hybridized carbons (Fsp3) is 0.357. The molecule has 6 heteroatoms. The summed E-state index contributed by atoms with van der Waals surface area (Å²) in [5.41, 5.74) is 3.08. The van der Waals surface area contributed by atoms with Gasteiger partial charge in [-0.2, -0.15) is 0 Å². The van der Waals surface area contributed by atoms with E-state index in [-0.39, 0.29) is 23.5 Å². The summed E-state index contributed by atoms with van der Waals surface area (Å²) >= 11 is 0. The number of carbonyl (C=O) groups is 2. The van der Waals surface area contributed by atoms with Crippen LogP contribution in [0.1, 0.15) is 68.4 Å². The second kappa shape index (κ2) is 8.67. The average molecular weight is 457 g/mol. The average Bonchev–Trinajstić information content (AvgIpc) is 3.57. The van der Waals surface area contributed by atoms with Gasteiger partial charge in [-0.1, -0.05) is 31.4 Å². The molecule has 1 fully saturated rings. The van der Waals surface area contributed by atoms with E-state index in [1.165, 1.54) is 6.42 Å². The van der Waals surface area contributed by atoms with Gasteiger partial charge in [0, 0.05) is 29.5 Å². The molecule has 2 aromatic heterocycles. The Bertz CT molecular complexity index is 1220. The van der Waals surface area contributed by atoms with Crippen LogP contribution in [0.5, 0.6) is 0 Å². The summed E-state index contributed by atoms with van der Waals surface area (Å²) in [6, 6.07) is 14.7. The van der Waals surface area contributed by atoms with Gasteiger partial charge >= 0.3 is 0 Å². The minimum Gasteiger partial charge on any atom is -0.469 e. The van der Waals surface area contributed by atoms with Gasteiger partial charge in [-0.05, 0) is 55.7 Å². The monoisotopic (exact) mass is 456 g/mol. The Morgan fingerprint density at radius 2 is 1.62 bits per heavy atom. The first-order valence-corrected chi connectivity index (χ1v) is 12.2. The van der Waals surface area contributed by atoms with Crippen LogP contribution in [0.4, 0.5) is 11.4 Å². The van der Waals surface area contributed by atoms with Gasteiger partial charge in [0.15, 0.2) is 5.78 Å². The molecule has 0 spiro atoms. The Morgan fingerprint density at radius 3 is 2.35 bits per heavy atom. The lowest BCUT2D eigenvalue weighted by molar-refractivity contribution is -0.123. The van der Waals surface area contributed by atoms with Crippen LogP contribution in [0, 0.1) is 5.92 Å².